The molecule has 7 nitrogen and oxygen atoms in total. The van der Waals surface area contributed by atoms with Gasteiger partial charge in [-0.15, -0.1) is 0 Å². The first-order valence-electron chi connectivity index (χ1n) is 6.77. The fraction of sp³-hybridized carbons (Fsp3) is 0. The van der Waals surface area contributed by atoms with Gasteiger partial charge in [0.2, 0.25) is 5.95 Å². The van der Waals surface area contributed by atoms with Crippen LogP contribution in [0.1, 0.15) is 0 Å². The van der Waals surface area contributed by atoms with E-state index in [0.717, 1.165) is 18.1 Å². The van der Waals surface area contributed by atoms with Crippen LogP contribution in [-0.4, -0.2) is 14.9 Å². The van der Waals surface area contributed by atoms with E-state index in [-0.39, 0.29) is 11.6 Å². The molecule has 3 aromatic rings. The van der Waals surface area contributed by atoms with Crippen molar-refractivity contribution in [3.05, 3.63) is 77.1 Å². The summed E-state index contributed by atoms with van der Waals surface area (Å²) in [7, 11) is 0. The van der Waals surface area contributed by atoms with Crippen LogP contribution in [0.2, 0.25) is 0 Å². The molecule has 0 aliphatic rings. The molecule has 0 amide bonds. The predicted molar refractivity (Wildman–Crippen MR) is 84.9 cm³/mol. The van der Waals surface area contributed by atoms with Crippen LogP contribution in [0.15, 0.2) is 67.0 Å². The van der Waals surface area contributed by atoms with Gasteiger partial charge in [-0.1, -0.05) is 24.3 Å². The summed E-state index contributed by atoms with van der Waals surface area (Å²) in [6.45, 7) is 0. The van der Waals surface area contributed by atoms with Crippen molar-refractivity contribution in [2.24, 2.45) is 0 Å². The molecule has 0 radical (unpaired) electrons. The average Bonchev–Trinajstić information content (AvgIpc) is 2.57. The number of benzene rings is 2. The number of para-hydroxylation sites is 1. The molecule has 0 saturated heterocycles. The van der Waals surface area contributed by atoms with E-state index in [0.29, 0.717) is 11.4 Å². The van der Waals surface area contributed by atoms with E-state index in [1.54, 1.807) is 6.07 Å². The molecule has 0 unspecified atom stereocenters. The van der Waals surface area contributed by atoms with Gasteiger partial charge in [-0.25, -0.2) is 9.97 Å². The van der Waals surface area contributed by atoms with Crippen LogP contribution in [0, 0.1) is 10.1 Å². The van der Waals surface area contributed by atoms with Gasteiger partial charge in [0.15, 0.2) is 0 Å². The molecule has 0 aliphatic heterocycles. The first-order valence-corrected chi connectivity index (χ1v) is 6.77. The second kappa shape index (κ2) is 6.52. The van der Waals surface area contributed by atoms with E-state index in [1.165, 1.54) is 0 Å². The van der Waals surface area contributed by atoms with Crippen LogP contribution < -0.4 is 10.1 Å². The van der Waals surface area contributed by atoms with Gasteiger partial charge in [0.05, 0.1) is 4.92 Å². The SMILES string of the molecule is O=[N+]([O-])c1cnc(Nc2cccc(Oc3ccccc3)c2)nc1. The van der Waals surface area contributed by atoms with Crippen LogP contribution in [-0.2, 0) is 0 Å². The Hall–Kier alpha value is -3.48. The number of hydrogen-bond acceptors (Lipinski definition) is 6. The lowest BCUT2D eigenvalue weighted by Crippen LogP contribution is -1.98. The maximum absolute atomic E-state index is 10.6. The third-order valence-electron chi connectivity index (χ3n) is 2.92. The average molecular weight is 308 g/mol. The van der Waals surface area contributed by atoms with Gasteiger partial charge >= 0.3 is 5.69 Å². The molecule has 0 saturated carbocycles. The third kappa shape index (κ3) is 3.79. The van der Waals surface area contributed by atoms with Gasteiger partial charge in [0.1, 0.15) is 23.9 Å². The molecule has 7 heteroatoms. The van der Waals surface area contributed by atoms with Gasteiger partial charge in [0.25, 0.3) is 0 Å². The van der Waals surface area contributed by atoms with Crippen molar-refractivity contribution in [3.63, 3.8) is 0 Å². The van der Waals surface area contributed by atoms with Gasteiger partial charge in [-0.3, -0.25) is 10.1 Å². The number of anilines is 2. The minimum Gasteiger partial charge on any atom is -0.457 e. The second-order valence-electron chi connectivity index (χ2n) is 4.59. The Morgan fingerprint density at radius 3 is 2.35 bits per heavy atom. The van der Waals surface area contributed by atoms with Gasteiger partial charge in [0, 0.05) is 11.8 Å². The number of nitrogens with one attached hydrogen (secondary N) is 1. The first kappa shape index (κ1) is 14.5. The van der Waals surface area contributed by atoms with Crippen molar-refractivity contribution < 1.29 is 9.66 Å². The summed E-state index contributed by atoms with van der Waals surface area (Å²) in [5.41, 5.74) is 0.559. The molecule has 1 aromatic heterocycles. The Morgan fingerprint density at radius 1 is 0.957 bits per heavy atom. The normalized spacial score (nSPS) is 10.1. The molecule has 0 atom stereocenters. The standard InChI is InChI=1S/C16H12N4O3/c21-20(22)13-10-17-16(18-11-13)19-12-5-4-8-15(9-12)23-14-6-2-1-3-7-14/h1-11H,(H,17,18,19). The first-order chi connectivity index (χ1) is 11.2. The quantitative estimate of drug-likeness (QED) is 0.567. The van der Waals surface area contributed by atoms with E-state index in [1.807, 2.05) is 48.5 Å². The highest BCUT2D eigenvalue weighted by atomic mass is 16.6. The number of ether oxygens (including phenoxy) is 1. The van der Waals surface area contributed by atoms with E-state index < -0.39 is 4.92 Å². The minimum absolute atomic E-state index is 0.156. The summed E-state index contributed by atoms with van der Waals surface area (Å²) in [5, 5.41) is 13.5. The largest absolute Gasteiger partial charge is 0.457 e. The van der Waals surface area contributed by atoms with Crippen LogP contribution >= 0.6 is 0 Å². The Morgan fingerprint density at radius 2 is 1.65 bits per heavy atom. The molecule has 114 valence electrons. The second-order valence-corrected chi connectivity index (χ2v) is 4.59. The van der Waals surface area contributed by atoms with Crippen molar-refractivity contribution in [1.82, 2.24) is 9.97 Å². The molecule has 0 bridgehead atoms. The van der Waals surface area contributed by atoms with Gasteiger partial charge in [-0.05, 0) is 24.3 Å². The molecular weight excluding hydrogens is 296 g/mol. The summed E-state index contributed by atoms with van der Waals surface area (Å²) in [4.78, 5) is 17.8. The maximum atomic E-state index is 10.6. The van der Waals surface area contributed by atoms with Crippen LogP contribution in [0.5, 0.6) is 11.5 Å². The van der Waals surface area contributed by atoms with Crippen LogP contribution in [0.25, 0.3) is 0 Å². The molecule has 23 heavy (non-hydrogen) atoms. The molecule has 0 fully saturated rings. The summed E-state index contributed by atoms with van der Waals surface area (Å²) < 4.78 is 5.74. The zero-order valence-corrected chi connectivity index (χ0v) is 11.9. The maximum Gasteiger partial charge on any atom is 0.305 e. The predicted octanol–water partition coefficient (Wildman–Crippen LogP) is 3.92. The van der Waals surface area contributed by atoms with Gasteiger partial charge < -0.3 is 10.1 Å². The van der Waals surface area contributed by atoms with Gasteiger partial charge in [-0.2, -0.15) is 0 Å². The Labute approximate surface area is 131 Å². The molecule has 0 aliphatic carbocycles. The molecule has 1 N–H and O–H groups in total. The fourth-order valence-electron chi connectivity index (χ4n) is 1.87. The number of nitrogens with zero attached hydrogens (tertiary/aromatic N) is 3. The highest BCUT2D eigenvalue weighted by molar-refractivity contribution is 5.56. The summed E-state index contributed by atoms with van der Waals surface area (Å²) in [6.07, 6.45) is 2.30. The summed E-state index contributed by atoms with van der Waals surface area (Å²) in [6, 6.07) is 16.7. The smallest absolute Gasteiger partial charge is 0.305 e. The number of rotatable bonds is 5. The number of hydrogen-bond donors (Lipinski definition) is 1. The minimum atomic E-state index is -0.544. The summed E-state index contributed by atoms with van der Waals surface area (Å²) in [5.74, 6) is 1.66. The van der Waals surface area contributed by atoms with Crippen molar-refractivity contribution >= 4 is 17.3 Å². The molecule has 0 spiro atoms. The lowest BCUT2D eigenvalue weighted by molar-refractivity contribution is -0.385. The number of nitro groups is 1. The summed E-state index contributed by atoms with van der Waals surface area (Å²) >= 11 is 0. The Bertz CT molecular complexity index is 807. The topological polar surface area (TPSA) is 90.2 Å². The van der Waals surface area contributed by atoms with E-state index >= 15 is 0 Å². The lowest BCUT2D eigenvalue weighted by Gasteiger charge is -2.08. The van der Waals surface area contributed by atoms with E-state index in [4.69, 9.17) is 4.74 Å². The molecular formula is C16H12N4O3. The van der Waals surface area contributed by atoms with Crippen LogP contribution in [0.4, 0.5) is 17.3 Å². The lowest BCUT2D eigenvalue weighted by atomic mass is 10.3. The van der Waals surface area contributed by atoms with Crippen molar-refractivity contribution in [2.75, 3.05) is 5.32 Å². The molecule has 2 aromatic carbocycles. The van der Waals surface area contributed by atoms with E-state index in [2.05, 4.69) is 15.3 Å². The highest BCUT2D eigenvalue weighted by Crippen LogP contribution is 2.25. The Balaban J connectivity index is 1.73. The fourth-order valence-corrected chi connectivity index (χ4v) is 1.87. The Kier molecular flexibility index (Phi) is 4.10. The zero-order chi connectivity index (χ0) is 16.1. The highest BCUT2D eigenvalue weighted by Gasteiger charge is 2.07. The van der Waals surface area contributed by atoms with E-state index in [9.17, 15) is 10.1 Å². The molecule has 3 rings (SSSR count). The third-order valence-corrected chi connectivity index (χ3v) is 2.92. The number of aromatic nitrogens is 2. The van der Waals surface area contributed by atoms with Crippen LogP contribution in [0.3, 0.4) is 0 Å². The van der Waals surface area contributed by atoms with Crippen molar-refractivity contribution in [2.45, 2.75) is 0 Å². The molecule has 1 heterocycles. The monoisotopic (exact) mass is 308 g/mol. The van der Waals surface area contributed by atoms with Crippen molar-refractivity contribution in [3.8, 4) is 11.5 Å². The zero-order valence-electron chi connectivity index (χ0n) is 11.9. The van der Waals surface area contributed by atoms with Crippen molar-refractivity contribution in [1.29, 1.82) is 0 Å².